The summed E-state index contributed by atoms with van der Waals surface area (Å²) in [5.74, 6) is -1.42. The van der Waals surface area contributed by atoms with Crippen molar-refractivity contribution in [1.82, 2.24) is 21.3 Å². The molecule has 0 aromatic rings. The van der Waals surface area contributed by atoms with Gasteiger partial charge in [0.2, 0.25) is 17.7 Å². The number of carbonyl (C=O) groups excluding carboxylic acids is 4. The number of hydrogen-bond acceptors (Lipinski definition) is 5. The van der Waals surface area contributed by atoms with E-state index < -0.39 is 11.8 Å². The lowest BCUT2D eigenvalue weighted by atomic mass is 10.1. The van der Waals surface area contributed by atoms with E-state index in [1.54, 1.807) is 13.8 Å². The SMILES string of the molecule is CCC(C)NCC(=O)NCC(=O)NCC(=O)NCC(=O)C(C)C. The molecule has 0 fully saturated rings. The summed E-state index contributed by atoms with van der Waals surface area (Å²) in [5.41, 5.74) is 0. The maximum Gasteiger partial charge on any atom is 0.239 e. The Morgan fingerprint density at radius 1 is 0.739 bits per heavy atom. The first-order valence-corrected chi connectivity index (χ1v) is 7.82. The molecule has 1 atom stereocenters. The Labute approximate surface area is 137 Å². The second-order valence-electron chi connectivity index (χ2n) is 5.64. The van der Waals surface area contributed by atoms with Crippen LogP contribution in [0, 0.1) is 5.92 Å². The number of hydrogen-bond donors (Lipinski definition) is 4. The van der Waals surface area contributed by atoms with Crippen molar-refractivity contribution in [3.63, 3.8) is 0 Å². The van der Waals surface area contributed by atoms with Gasteiger partial charge in [-0.2, -0.15) is 0 Å². The van der Waals surface area contributed by atoms with Gasteiger partial charge in [-0.15, -0.1) is 0 Å². The largest absolute Gasteiger partial charge is 0.347 e. The van der Waals surface area contributed by atoms with Gasteiger partial charge in [-0.3, -0.25) is 19.2 Å². The third-order valence-electron chi connectivity index (χ3n) is 3.22. The van der Waals surface area contributed by atoms with E-state index in [9.17, 15) is 19.2 Å². The number of nitrogens with one attached hydrogen (secondary N) is 4. The molecular weight excluding hydrogens is 300 g/mol. The zero-order chi connectivity index (χ0) is 17.8. The molecule has 132 valence electrons. The van der Waals surface area contributed by atoms with Crippen LogP contribution >= 0.6 is 0 Å². The lowest BCUT2D eigenvalue weighted by Gasteiger charge is -2.11. The number of amides is 3. The number of Topliss-reactive ketones (excluding diaryl/α,β-unsaturated/α-hetero) is 1. The third kappa shape index (κ3) is 11.3. The average molecular weight is 328 g/mol. The Morgan fingerprint density at radius 3 is 1.61 bits per heavy atom. The minimum atomic E-state index is -0.466. The van der Waals surface area contributed by atoms with Crippen LogP contribution in [0.1, 0.15) is 34.1 Å². The van der Waals surface area contributed by atoms with Crippen LogP contribution in [0.15, 0.2) is 0 Å². The van der Waals surface area contributed by atoms with Gasteiger partial charge in [-0.1, -0.05) is 20.8 Å². The second kappa shape index (κ2) is 11.6. The van der Waals surface area contributed by atoms with E-state index in [0.29, 0.717) is 0 Å². The van der Waals surface area contributed by atoms with Gasteiger partial charge < -0.3 is 21.3 Å². The fraction of sp³-hybridized carbons (Fsp3) is 0.733. The third-order valence-corrected chi connectivity index (χ3v) is 3.22. The molecule has 0 aromatic carbocycles. The highest BCUT2D eigenvalue weighted by Crippen LogP contribution is 1.91. The molecule has 3 amide bonds. The summed E-state index contributed by atoms with van der Waals surface area (Å²) < 4.78 is 0. The van der Waals surface area contributed by atoms with Gasteiger partial charge in [0.15, 0.2) is 5.78 Å². The summed E-state index contributed by atoms with van der Waals surface area (Å²) in [6, 6.07) is 0.229. The maximum atomic E-state index is 11.5. The van der Waals surface area contributed by atoms with Crippen molar-refractivity contribution < 1.29 is 19.2 Å². The van der Waals surface area contributed by atoms with Crippen LogP contribution in [0.3, 0.4) is 0 Å². The predicted molar refractivity (Wildman–Crippen MR) is 86.6 cm³/mol. The van der Waals surface area contributed by atoms with Crippen LogP contribution in [0.4, 0.5) is 0 Å². The molecule has 0 heterocycles. The second-order valence-corrected chi connectivity index (χ2v) is 5.64. The van der Waals surface area contributed by atoms with Gasteiger partial charge in [0.25, 0.3) is 0 Å². The van der Waals surface area contributed by atoms with Crippen LogP contribution in [-0.2, 0) is 19.2 Å². The molecule has 0 aliphatic carbocycles. The van der Waals surface area contributed by atoms with Crippen molar-refractivity contribution in [2.24, 2.45) is 5.92 Å². The van der Waals surface area contributed by atoms with Crippen molar-refractivity contribution in [2.45, 2.75) is 40.2 Å². The molecule has 0 radical (unpaired) electrons. The molecule has 0 rings (SSSR count). The highest BCUT2D eigenvalue weighted by atomic mass is 16.2. The zero-order valence-electron chi connectivity index (χ0n) is 14.3. The Hall–Kier alpha value is -1.96. The Bertz CT molecular complexity index is 424. The monoisotopic (exact) mass is 328 g/mol. The molecule has 1 unspecified atom stereocenters. The minimum Gasteiger partial charge on any atom is -0.347 e. The summed E-state index contributed by atoms with van der Waals surface area (Å²) >= 11 is 0. The number of ketones is 1. The van der Waals surface area contributed by atoms with Gasteiger partial charge in [-0.25, -0.2) is 0 Å². The molecule has 0 aromatic heterocycles. The Morgan fingerprint density at radius 2 is 1.17 bits per heavy atom. The van der Waals surface area contributed by atoms with Crippen molar-refractivity contribution in [1.29, 1.82) is 0 Å². The molecule has 0 aliphatic heterocycles. The first kappa shape index (κ1) is 21.0. The molecule has 0 aliphatic rings. The first-order chi connectivity index (χ1) is 10.8. The van der Waals surface area contributed by atoms with Gasteiger partial charge in [0.05, 0.1) is 26.2 Å². The maximum absolute atomic E-state index is 11.5. The standard InChI is InChI=1S/C15H28N4O4/c1-5-11(4)16-7-13(21)18-9-15(23)19-8-14(22)17-6-12(20)10(2)3/h10-11,16H,5-9H2,1-4H3,(H,17,22)(H,18,21)(H,19,23). The lowest BCUT2D eigenvalue weighted by Crippen LogP contribution is -2.45. The molecule has 0 spiro atoms. The van der Waals surface area contributed by atoms with Gasteiger partial charge >= 0.3 is 0 Å². The van der Waals surface area contributed by atoms with Crippen molar-refractivity contribution >= 4 is 23.5 Å². The summed E-state index contributed by atoms with van der Waals surface area (Å²) in [7, 11) is 0. The van der Waals surface area contributed by atoms with Crippen LogP contribution in [0.25, 0.3) is 0 Å². The Balaban J connectivity index is 3.80. The summed E-state index contributed by atoms with van der Waals surface area (Å²) in [6.07, 6.45) is 0.905. The quantitative estimate of drug-likeness (QED) is 0.386. The molecule has 0 saturated carbocycles. The van der Waals surface area contributed by atoms with Crippen molar-refractivity contribution in [3.8, 4) is 0 Å². The molecule has 8 heteroatoms. The Kier molecular flexibility index (Phi) is 10.6. The van der Waals surface area contributed by atoms with Crippen LogP contribution < -0.4 is 21.3 Å². The van der Waals surface area contributed by atoms with Gasteiger partial charge in [0, 0.05) is 12.0 Å². The summed E-state index contributed by atoms with van der Waals surface area (Å²) in [5, 5.41) is 10.2. The lowest BCUT2D eigenvalue weighted by molar-refractivity contribution is -0.128. The van der Waals surface area contributed by atoms with Crippen LogP contribution in [-0.4, -0.2) is 55.7 Å². The van der Waals surface area contributed by atoms with E-state index in [4.69, 9.17) is 0 Å². The van der Waals surface area contributed by atoms with Crippen molar-refractivity contribution in [3.05, 3.63) is 0 Å². The zero-order valence-corrected chi connectivity index (χ0v) is 14.3. The van der Waals surface area contributed by atoms with E-state index in [1.165, 1.54) is 0 Å². The van der Waals surface area contributed by atoms with E-state index in [1.807, 2.05) is 13.8 Å². The van der Waals surface area contributed by atoms with E-state index in [2.05, 4.69) is 21.3 Å². The molecule has 8 nitrogen and oxygen atoms in total. The normalized spacial score (nSPS) is 11.7. The fourth-order valence-corrected chi connectivity index (χ4v) is 1.35. The van der Waals surface area contributed by atoms with Gasteiger partial charge in [0.1, 0.15) is 0 Å². The highest BCUT2D eigenvalue weighted by Gasteiger charge is 2.11. The summed E-state index contributed by atoms with van der Waals surface area (Å²) in [6.45, 7) is 7.12. The fourth-order valence-electron chi connectivity index (χ4n) is 1.35. The van der Waals surface area contributed by atoms with Crippen LogP contribution in [0.5, 0.6) is 0 Å². The summed E-state index contributed by atoms with van der Waals surface area (Å²) in [4.78, 5) is 45.8. The van der Waals surface area contributed by atoms with Crippen molar-refractivity contribution in [2.75, 3.05) is 26.2 Å². The van der Waals surface area contributed by atoms with E-state index in [-0.39, 0.29) is 49.8 Å². The topological polar surface area (TPSA) is 116 Å². The smallest absolute Gasteiger partial charge is 0.239 e. The molecule has 4 N–H and O–H groups in total. The molecule has 0 saturated heterocycles. The molecule has 23 heavy (non-hydrogen) atoms. The molecule has 0 bridgehead atoms. The van der Waals surface area contributed by atoms with Crippen LogP contribution in [0.2, 0.25) is 0 Å². The average Bonchev–Trinajstić information content (AvgIpc) is 2.53. The highest BCUT2D eigenvalue weighted by molar-refractivity contribution is 5.90. The number of rotatable bonds is 11. The minimum absolute atomic E-state index is 0.0512. The number of carbonyl (C=O) groups is 4. The van der Waals surface area contributed by atoms with Gasteiger partial charge in [-0.05, 0) is 13.3 Å². The van der Waals surface area contributed by atoms with E-state index >= 15 is 0 Å². The predicted octanol–water partition coefficient (Wildman–Crippen LogP) is -1.05. The molecular formula is C15H28N4O4. The first-order valence-electron chi connectivity index (χ1n) is 7.82. The van der Waals surface area contributed by atoms with E-state index in [0.717, 1.165) is 6.42 Å².